The lowest BCUT2D eigenvalue weighted by atomic mass is 10.1. The zero-order valence-electron chi connectivity index (χ0n) is 12.9. The molecular weight excluding hydrogens is 390 g/mol. The summed E-state index contributed by atoms with van der Waals surface area (Å²) in [6.07, 6.45) is 1.50. The van der Waals surface area contributed by atoms with Crippen LogP contribution in [0.2, 0.25) is 0 Å². The number of carbonyl (C=O) groups is 2. The van der Waals surface area contributed by atoms with Gasteiger partial charge in [0.15, 0.2) is 11.5 Å². The maximum absolute atomic E-state index is 12.4. The van der Waals surface area contributed by atoms with Crippen LogP contribution in [-0.2, 0) is 4.79 Å². The first-order chi connectivity index (χ1) is 12.1. The monoisotopic (exact) mass is 403 g/mol. The number of benzene rings is 2. The molecule has 128 valence electrons. The summed E-state index contributed by atoms with van der Waals surface area (Å²) in [6.45, 7) is 0.150. The highest BCUT2D eigenvalue weighted by Crippen LogP contribution is 2.33. The summed E-state index contributed by atoms with van der Waals surface area (Å²) in [4.78, 5) is 24.4. The maximum Gasteiger partial charge on any atom is 0.281 e. The molecule has 0 atom stereocenters. The van der Waals surface area contributed by atoms with Crippen molar-refractivity contribution in [2.24, 2.45) is 5.84 Å². The molecule has 4 N–H and O–H groups in total. The van der Waals surface area contributed by atoms with Crippen LogP contribution in [-0.4, -0.2) is 18.6 Å². The van der Waals surface area contributed by atoms with Crippen LogP contribution in [0, 0.1) is 0 Å². The molecule has 2 aromatic carbocycles. The highest BCUT2D eigenvalue weighted by atomic mass is 79.9. The van der Waals surface area contributed by atoms with Gasteiger partial charge in [0.1, 0.15) is 5.70 Å². The molecule has 0 fully saturated rings. The number of fused-ring (bicyclic) bond motifs is 1. The number of nitrogens with one attached hydrogen (secondary N) is 2. The molecule has 0 saturated heterocycles. The van der Waals surface area contributed by atoms with Gasteiger partial charge in [-0.3, -0.25) is 15.0 Å². The molecule has 3 rings (SSSR count). The van der Waals surface area contributed by atoms with Gasteiger partial charge in [-0.05, 0) is 51.8 Å². The Kier molecular flexibility index (Phi) is 5.01. The van der Waals surface area contributed by atoms with Crippen LogP contribution < -0.4 is 26.1 Å². The van der Waals surface area contributed by atoms with Crippen molar-refractivity contribution < 1.29 is 19.1 Å². The van der Waals surface area contributed by atoms with Crippen molar-refractivity contribution in [3.8, 4) is 11.5 Å². The van der Waals surface area contributed by atoms with Gasteiger partial charge in [-0.25, -0.2) is 5.84 Å². The van der Waals surface area contributed by atoms with Crippen molar-refractivity contribution in [3.05, 3.63) is 63.8 Å². The Bertz CT molecular complexity index is 867. The third-order valence-corrected chi connectivity index (χ3v) is 4.14. The normalized spacial score (nSPS) is 12.6. The van der Waals surface area contributed by atoms with Crippen LogP contribution in [0.5, 0.6) is 11.5 Å². The van der Waals surface area contributed by atoms with Crippen LogP contribution in [0.25, 0.3) is 6.08 Å². The average Bonchev–Trinajstić information content (AvgIpc) is 3.08. The van der Waals surface area contributed by atoms with Gasteiger partial charge >= 0.3 is 0 Å². The van der Waals surface area contributed by atoms with Gasteiger partial charge in [0.05, 0.1) is 5.56 Å². The average molecular weight is 404 g/mol. The number of carbonyl (C=O) groups excluding carboxylic acids is 2. The molecule has 0 aliphatic carbocycles. The fourth-order valence-electron chi connectivity index (χ4n) is 2.24. The number of hydrazine groups is 1. The van der Waals surface area contributed by atoms with E-state index in [1.807, 2.05) is 5.43 Å². The van der Waals surface area contributed by atoms with Crippen LogP contribution in [0.3, 0.4) is 0 Å². The van der Waals surface area contributed by atoms with E-state index in [-0.39, 0.29) is 12.5 Å². The quantitative estimate of drug-likeness (QED) is 0.313. The minimum atomic E-state index is -0.627. The van der Waals surface area contributed by atoms with Gasteiger partial charge in [-0.15, -0.1) is 0 Å². The third kappa shape index (κ3) is 3.81. The van der Waals surface area contributed by atoms with Gasteiger partial charge in [0.2, 0.25) is 6.79 Å². The highest BCUT2D eigenvalue weighted by molar-refractivity contribution is 9.10. The van der Waals surface area contributed by atoms with Crippen LogP contribution in [0.4, 0.5) is 0 Å². The Labute approximate surface area is 151 Å². The summed E-state index contributed by atoms with van der Waals surface area (Å²) in [7, 11) is 0. The summed E-state index contributed by atoms with van der Waals surface area (Å²) in [5, 5.41) is 2.57. The lowest BCUT2D eigenvalue weighted by Crippen LogP contribution is -2.38. The first-order valence-corrected chi connectivity index (χ1v) is 8.06. The molecule has 8 heteroatoms. The lowest BCUT2D eigenvalue weighted by Gasteiger charge is -2.10. The number of nitrogens with two attached hydrogens (primary N) is 1. The van der Waals surface area contributed by atoms with E-state index >= 15 is 0 Å². The minimum absolute atomic E-state index is 0.00196. The number of hydrogen-bond acceptors (Lipinski definition) is 5. The molecule has 0 aromatic heterocycles. The predicted molar refractivity (Wildman–Crippen MR) is 94.5 cm³/mol. The Morgan fingerprint density at radius 3 is 2.64 bits per heavy atom. The summed E-state index contributed by atoms with van der Waals surface area (Å²) >= 11 is 3.31. The summed E-state index contributed by atoms with van der Waals surface area (Å²) < 4.78 is 11.2. The standard InChI is InChI=1S/C17H14BrN3O4/c18-12-4-2-1-3-11(12)16(22)20-13(17(23)21-19)7-10-5-6-14-15(8-10)25-9-24-14/h1-8H,9,19H2,(H,20,22)(H,21,23)/b13-7+. The molecule has 0 radical (unpaired) electrons. The second-order valence-corrected chi connectivity index (χ2v) is 5.93. The van der Waals surface area contributed by atoms with Crippen LogP contribution in [0.15, 0.2) is 52.6 Å². The van der Waals surface area contributed by atoms with Crippen LogP contribution in [0.1, 0.15) is 15.9 Å². The van der Waals surface area contributed by atoms with Crippen molar-refractivity contribution in [2.75, 3.05) is 6.79 Å². The molecule has 25 heavy (non-hydrogen) atoms. The molecule has 0 saturated carbocycles. The molecule has 1 aliphatic heterocycles. The minimum Gasteiger partial charge on any atom is -0.454 e. The number of hydrogen-bond donors (Lipinski definition) is 3. The molecule has 2 aromatic rings. The first kappa shape index (κ1) is 17.0. The zero-order valence-corrected chi connectivity index (χ0v) is 14.5. The van der Waals surface area contributed by atoms with E-state index in [9.17, 15) is 9.59 Å². The molecule has 0 unspecified atom stereocenters. The second kappa shape index (κ2) is 7.37. The van der Waals surface area contributed by atoms with E-state index in [2.05, 4.69) is 21.2 Å². The SMILES string of the molecule is NNC(=O)/C(=C\c1ccc2c(c1)OCO2)NC(=O)c1ccccc1Br. The Hall–Kier alpha value is -2.84. The van der Waals surface area contributed by atoms with Crippen molar-refractivity contribution in [1.82, 2.24) is 10.7 Å². The van der Waals surface area contributed by atoms with Crippen molar-refractivity contribution in [1.29, 1.82) is 0 Å². The first-order valence-electron chi connectivity index (χ1n) is 7.26. The lowest BCUT2D eigenvalue weighted by molar-refractivity contribution is -0.117. The van der Waals surface area contributed by atoms with E-state index in [1.54, 1.807) is 42.5 Å². The summed E-state index contributed by atoms with van der Waals surface area (Å²) in [6, 6.07) is 12.1. The third-order valence-electron chi connectivity index (χ3n) is 3.45. The van der Waals surface area contributed by atoms with Crippen molar-refractivity contribution in [3.63, 3.8) is 0 Å². The molecule has 1 aliphatic rings. The molecule has 0 bridgehead atoms. The molecular formula is C17H14BrN3O4. The van der Waals surface area contributed by atoms with E-state index in [0.29, 0.717) is 27.1 Å². The van der Waals surface area contributed by atoms with Gasteiger partial charge < -0.3 is 14.8 Å². The van der Waals surface area contributed by atoms with Crippen LogP contribution >= 0.6 is 15.9 Å². The van der Waals surface area contributed by atoms with Gasteiger partial charge in [-0.2, -0.15) is 0 Å². The van der Waals surface area contributed by atoms with Gasteiger partial charge in [0, 0.05) is 4.47 Å². The number of rotatable bonds is 4. The predicted octanol–water partition coefficient (Wildman–Crippen LogP) is 1.94. The Morgan fingerprint density at radius 1 is 1.12 bits per heavy atom. The van der Waals surface area contributed by atoms with Crippen molar-refractivity contribution >= 4 is 33.8 Å². The van der Waals surface area contributed by atoms with E-state index in [0.717, 1.165) is 0 Å². The fourth-order valence-corrected chi connectivity index (χ4v) is 2.71. The Morgan fingerprint density at radius 2 is 1.88 bits per heavy atom. The Balaban J connectivity index is 1.88. The largest absolute Gasteiger partial charge is 0.454 e. The zero-order chi connectivity index (χ0) is 17.8. The van der Waals surface area contributed by atoms with Crippen molar-refractivity contribution in [2.45, 2.75) is 0 Å². The fraction of sp³-hybridized carbons (Fsp3) is 0.0588. The molecule has 2 amide bonds. The number of amides is 2. The molecule has 0 spiro atoms. The van der Waals surface area contributed by atoms with E-state index < -0.39 is 11.8 Å². The van der Waals surface area contributed by atoms with E-state index in [1.165, 1.54) is 6.08 Å². The second-order valence-electron chi connectivity index (χ2n) is 5.08. The smallest absolute Gasteiger partial charge is 0.281 e. The maximum atomic E-state index is 12.4. The summed E-state index contributed by atoms with van der Waals surface area (Å²) in [5.74, 6) is 5.34. The highest BCUT2D eigenvalue weighted by Gasteiger charge is 2.17. The number of ether oxygens (including phenoxy) is 2. The van der Waals surface area contributed by atoms with Gasteiger partial charge in [0.25, 0.3) is 11.8 Å². The number of halogens is 1. The topological polar surface area (TPSA) is 103 Å². The molecule has 1 heterocycles. The summed E-state index contributed by atoms with van der Waals surface area (Å²) in [5.41, 5.74) is 3.06. The van der Waals surface area contributed by atoms with Gasteiger partial charge in [-0.1, -0.05) is 18.2 Å². The van der Waals surface area contributed by atoms with E-state index in [4.69, 9.17) is 15.3 Å². The molecule has 7 nitrogen and oxygen atoms in total.